The van der Waals surface area contributed by atoms with Gasteiger partial charge in [0.05, 0.1) is 0 Å². The molecule has 2 heteroatoms. The van der Waals surface area contributed by atoms with Gasteiger partial charge >= 0.3 is 0 Å². The van der Waals surface area contributed by atoms with Gasteiger partial charge in [0.25, 0.3) is 0 Å². The van der Waals surface area contributed by atoms with E-state index in [1.807, 2.05) is 0 Å². The summed E-state index contributed by atoms with van der Waals surface area (Å²) in [4.78, 5) is 2.24. The van der Waals surface area contributed by atoms with Crippen LogP contribution in [0.15, 0.2) is 36.4 Å². The summed E-state index contributed by atoms with van der Waals surface area (Å²) >= 11 is 0. The van der Waals surface area contributed by atoms with Crippen molar-refractivity contribution in [1.82, 2.24) is 5.32 Å². The lowest BCUT2D eigenvalue weighted by molar-refractivity contribution is 0.443. The molecule has 19 heavy (non-hydrogen) atoms. The zero-order chi connectivity index (χ0) is 14.5. The minimum Gasteiger partial charge on any atom is -0.371 e. The van der Waals surface area contributed by atoms with Crippen LogP contribution >= 0.6 is 0 Å². The quantitative estimate of drug-likeness (QED) is 0.786. The first-order chi connectivity index (χ1) is 8.81. The smallest absolute Gasteiger partial charge is 0.0395 e. The molecule has 0 spiro atoms. The molecule has 0 fully saturated rings. The lowest BCUT2D eigenvalue weighted by Crippen LogP contribution is -2.38. The molecule has 0 aromatic heterocycles. The molecule has 0 aliphatic rings. The number of hydrogen-bond donors (Lipinski definition) is 1. The standard InChI is InChI=1S/C17H28N2/c1-7-15-8-10-16(11-9-15)19(6)13-14(2)12-18-17(3,4)5/h8-11,18H,2,7,12-13H2,1,3-6H3. The predicted molar refractivity (Wildman–Crippen MR) is 86.0 cm³/mol. The Balaban J connectivity index is 2.49. The molecule has 2 nitrogen and oxygen atoms in total. The molecule has 1 rings (SSSR count). The van der Waals surface area contributed by atoms with E-state index in [2.05, 4.69) is 75.8 Å². The van der Waals surface area contributed by atoms with E-state index in [4.69, 9.17) is 0 Å². The zero-order valence-corrected chi connectivity index (χ0v) is 13.1. The molecule has 0 saturated carbocycles. The first-order valence-electron chi connectivity index (χ1n) is 7.03. The Morgan fingerprint density at radius 2 is 1.79 bits per heavy atom. The van der Waals surface area contributed by atoms with Gasteiger partial charge in [-0.25, -0.2) is 0 Å². The normalized spacial score (nSPS) is 11.4. The number of rotatable bonds is 6. The van der Waals surface area contributed by atoms with Crippen molar-refractivity contribution < 1.29 is 0 Å². The third-order valence-corrected chi connectivity index (χ3v) is 3.11. The van der Waals surface area contributed by atoms with Gasteiger partial charge in [0, 0.05) is 31.4 Å². The topological polar surface area (TPSA) is 15.3 Å². The van der Waals surface area contributed by atoms with Crippen molar-refractivity contribution in [2.24, 2.45) is 0 Å². The fraction of sp³-hybridized carbons (Fsp3) is 0.529. The first-order valence-corrected chi connectivity index (χ1v) is 7.03. The second kappa shape index (κ2) is 6.76. The fourth-order valence-corrected chi connectivity index (χ4v) is 1.86. The van der Waals surface area contributed by atoms with E-state index in [0.717, 1.165) is 19.5 Å². The summed E-state index contributed by atoms with van der Waals surface area (Å²) in [6.07, 6.45) is 1.09. The van der Waals surface area contributed by atoms with E-state index in [1.165, 1.54) is 16.8 Å². The predicted octanol–water partition coefficient (Wildman–Crippen LogP) is 3.63. The van der Waals surface area contributed by atoms with Crippen molar-refractivity contribution in [2.45, 2.75) is 39.7 Å². The Labute approximate surface area is 118 Å². The van der Waals surface area contributed by atoms with Crippen LogP contribution < -0.4 is 10.2 Å². The molecule has 0 aliphatic carbocycles. The fourth-order valence-electron chi connectivity index (χ4n) is 1.86. The molecule has 1 N–H and O–H groups in total. The van der Waals surface area contributed by atoms with Crippen LogP contribution in [-0.2, 0) is 6.42 Å². The summed E-state index contributed by atoms with van der Waals surface area (Å²) in [7, 11) is 2.11. The zero-order valence-electron chi connectivity index (χ0n) is 13.1. The highest BCUT2D eigenvalue weighted by Gasteiger charge is 2.10. The first kappa shape index (κ1) is 15.8. The average Bonchev–Trinajstić information content (AvgIpc) is 2.35. The lowest BCUT2D eigenvalue weighted by Gasteiger charge is -2.25. The Morgan fingerprint density at radius 3 is 2.26 bits per heavy atom. The number of hydrogen-bond acceptors (Lipinski definition) is 2. The highest BCUT2D eigenvalue weighted by atomic mass is 15.1. The number of nitrogens with one attached hydrogen (secondary N) is 1. The highest BCUT2D eigenvalue weighted by molar-refractivity contribution is 5.48. The van der Waals surface area contributed by atoms with Crippen molar-refractivity contribution in [3.8, 4) is 0 Å². The van der Waals surface area contributed by atoms with Crippen LogP contribution in [-0.4, -0.2) is 25.7 Å². The van der Waals surface area contributed by atoms with Gasteiger partial charge in [-0.05, 0) is 50.5 Å². The maximum Gasteiger partial charge on any atom is 0.0395 e. The maximum absolute atomic E-state index is 4.15. The van der Waals surface area contributed by atoms with Crippen LogP contribution in [0.25, 0.3) is 0 Å². The molecule has 1 aromatic rings. The minimum atomic E-state index is 0.143. The summed E-state index contributed by atoms with van der Waals surface area (Å²) in [5.41, 5.74) is 3.97. The van der Waals surface area contributed by atoms with Gasteiger partial charge in [-0.3, -0.25) is 0 Å². The Kier molecular flexibility index (Phi) is 5.61. The number of benzene rings is 1. The van der Waals surface area contributed by atoms with Gasteiger partial charge < -0.3 is 10.2 Å². The van der Waals surface area contributed by atoms with Gasteiger partial charge in [-0.15, -0.1) is 0 Å². The lowest BCUT2D eigenvalue weighted by atomic mass is 10.1. The highest BCUT2D eigenvalue weighted by Crippen LogP contribution is 2.15. The molecule has 1 aromatic carbocycles. The molecule has 0 heterocycles. The number of aryl methyl sites for hydroxylation is 1. The molecule has 0 atom stereocenters. The van der Waals surface area contributed by atoms with Crippen LogP contribution in [0.5, 0.6) is 0 Å². The van der Waals surface area contributed by atoms with Gasteiger partial charge in [0.1, 0.15) is 0 Å². The van der Waals surface area contributed by atoms with Crippen molar-refractivity contribution in [3.05, 3.63) is 42.0 Å². The van der Waals surface area contributed by atoms with E-state index in [9.17, 15) is 0 Å². The van der Waals surface area contributed by atoms with Crippen molar-refractivity contribution in [2.75, 3.05) is 25.0 Å². The molecule has 0 radical (unpaired) electrons. The van der Waals surface area contributed by atoms with Gasteiger partial charge in [-0.2, -0.15) is 0 Å². The second-order valence-corrected chi connectivity index (χ2v) is 6.23. The van der Waals surface area contributed by atoms with Crippen LogP contribution in [0.3, 0.4) is 0 Å². The minimum absolute atomic E-state index is 0.143. The molecule has 0 amide bonds. The number of anilines is 1. The maximum atomic E-state index is 4.15. The van der Waals surface area contributed by atoms with E-state index >= 15 is 0 Å². The van der Waals surface area contributed by atoms with E-state index in [1.54, 1.807) is 0 Å². The summed E-state index contributed by atoms with van der Waals surface area (Å²) in [5.74, 6) is 0. The Hall–Kier alpha value is -1.28. The van der Waals surface area contributed by atoms with Gasteiger partial charge in [0.2, 0.25) is 0 Å². The van der Waals surface area contributed by atoms with E-state index in [0.29, 0.717) is 0 Å². The molecular formula is C17H28N2. The summed E-state index contributed by atoms with van der Waals surface area (Å²) in [6.45, 7) is 14.6. The third kappa shape index (κ3) is 5.93. The summed E-state index contributed by atoms with van der Waals surface area (Å²) in [5, 5.41) is 3.47. The average molecular weight is 260 g/mol. The summed E-state index contributed by atoms with van der Waals surface area (Å²) in [6, 6.07) is 8.76. The van der Waals surface area contributed by atoms with Crippen LogP contribution in [0.1, 0.15) is 33.3 Å². The largest absolute Gasteiger partial charge is 0.371 e. The molecule has 0 saturated heterocycles. The van der Waals surface area contributed by atoms with Crippen molar-refractivity contribution in [1.29, 1.82) is 0 Å². The van der Waals surface area contributed by atoms with E-state index < -0.39 is 0 Å². The molecular weight excluding hydrogens is 232 g/mol. The Morgan fingerprint density at radius 1 is 1.21 bits per heavy atom. The SMILES string of the molecule is C=C(CNC(C)(C)C)CN(C)c1ccc(CC)cc1. The van der Waals surface area contributed by atoms with E-state index in [-0.39, 0.29) is 5.54 Å². The second-order valence-electron chi connectivity index (χ2n) is 6.23. The van der Waals surface area contributed by atoms with Crippen molar-refractivity contribution >= 4 is 5.69 Å². The van der Waals surface area contributed by atoms with Crippen molar-refractivity contribution in [3.63, 3.8) is 0 Å². The molecule has 0 bridgehead atoms. The van der Waals surface area contributed by atoms with Crippen LogP contribution in [0, 0.1) is 0 Å². The number of nitrogens with zero attached hydrogens (tertiary/aromatic N) is 1. The van der Waals surface area contributed by atoms with Crippen LogP contribution in [0.4, 0.5) is 5.69 Å². The molecule has 106 valence electrons. The van der Waals surface area contributed by atoms with Gasteiger partial charge in [0.15, 0.2) is 0 Å². The molecule has 0 unspecified atom stereocenters. The third-order valence-electron chi connectivity index (χ3n) is 3.11. The number of likely N-dealkylation sites (N-methyl/N-ethyl adjacent to an activating group) is 1. The molecule has 0 aliphatic heterocycles. The summed E-state index contributed by atoms with van der Waals surface area (Å²) < 4.78 is 0. The van der Waals surface area contributed by atoms with Gasteiger partial charge in [-0.1, -0.05) is 25.6 Å². The Bertz CT molecular complexity index is 398. The van der Waals surface area contributed by atoms with Crippen LogP contribution in [0.2, 0.25) is 0 Å². The monoisotopic (exact) mass is 260 g/mol.